The number of benzene rings is 2. The van der Waals surface area contributed by atoms with E-state index < -0.39 is 16.1 Å². The monoisotopic (exact) mass is 266 g/mol. The molecular weight excluding hydrogens is 256 g/mol. The number of nitrogens with two attached hydrogens (primary N) is 1. The van der Waals surface area contributed by atoms with Gasteiger partial charge in [-0.05, 0) is 17.5 Å². The van der Waals surface area contributed by atoms with E-state index in [1.54, 1.807) is 24.3 Å². The Labute approximate surface area is 103 Å². The van der Waals surface area contributed by atoms with Crippen LogP contribution in [0.15, 0.2) is 41.3 Å². The Kier molecular flexibility index (Phi) is 2.93. The van der Waals surface area contributed by atoms with Crippen molar-refractivity contribution in [1.29, 1.82) is 0 Å². The average Bonchev–Trinajstić information content (AvgIpc) is 2.27. The third-order valence-electron chi connectivity index (χ3n) is 2.39. The van der Waals surface area contributed by atoms with Gasteiger partial charge in [0.1, 0.15) is 0 Å². The van der Waals surface area contributed by atoms with Crippen LogP contribution >= 0.6 is 0 Å². The second-order valence-electron chi connectivity index (χ2n) is 3.66. The molecule has 2 rings (SSSR count). The fourth-order valence-corrected chi connectivity index (χ4v) is 2.21. The first kappa shape index (κ1) is 12.3. The van der Waals surface area contributed by atoms with Crippen LogP contribution in [0.3, 0.4) is 0 Å². The van der Waals surface area contributed by atoms with E-state index in [0.29, 0.717) is 10.8 Å². The summed E-state index contributed by atoms with van der Waals surface area (Å²) >= 11 is 0. The molecule has 0 saturated heterocycles. The Hall–Kier alpha value is -2.12. The summed E-state index contributed by atoms with van der Waals surface area (Å²) in [6.07, 6.45) is 0. The SMILES string of the molecule is NC(=O)Nc1cc(S(=O)(=O)O)cc2ccccc12. The largest absolute Gasteiger partial charge is 0.351 e. The van der Waals surface area contributed by atoms with Crippen LogP contribution in [0.2, 0.25) is 0 Å². The van der Waals surface area contributed by atoms with Gasteiger partial charge in [0.25, 0.3) is 10.1 Å². The van der Waals surface area contributed by atoms with Crippen LogP contribution in [0.25, 0.3) is 10.8 Å². The zero-order valence-corrected chi connectivity index (χ0v) is 9.94. The molecule has 0 radical (unpaired) electrons. The molecule has 0 aliphatic heterocycles. The van der Waals surface area contributed by atoms with Crippen molar-refractivity contribution in [3.63, 3.8) is 0 Å². The van der Waals surface area contributed by atoms with Gasteiger partial charge < -0.3 is 11.1 Å². The predicted molar refractivity (Wildman–Crippen MR) is 67.0 cm³/mol. The molecule has 0 aliphatic carbocycles. The summed E-state index contributed by atoms with van der Waals surface area (Å²) in [6.45, 7) is 0. The van der Waals surface area contributed by atoms with Crippen molar-refractivity contribution in [3.8, 4) is 0 Å². The zero-order valence-electron chi connectivity index (χ0n) is 9.12. The van der Waals surface area contributed by atoms with Crippen molar-refractivity contribution in [2.75, 3.05) is 5.32 Å². The summed E-state index contributed by atoms with van der Waals surface area (Å²) in [6, 6.07) is 8.47. The van der Waals surface area contributed by atoms with E-state index in [9.17, 15) is 13.2 Å². The molecule has 0 fully saturated rings. The van der Waals surface area contributed by atoms with Crippen molar-refractivity contribution < 1.29 is 17.8 Å². The first-order chi connectivity index (χ1) is 8.38. The minimum atomic E-state index is -4.34. The molecule has 18 heavy (non-hydrogen) atoms. The van der Waals surface area contributed by atoms with E-state index in [0.717, 1.165) is 6.07 Å². The number of nitrogens with one attached hydrogen (secondary N) is 1. The van der Waals surface area contributed by atoms with Gasteiger partial charge in [0.2, 0.25) is 0 Å². The van der Waals surface area contributed by atoms with Crippen LogP contribution in [0, 0.1) is 0 Å². The highest BCUT2D eigenvalue weighted by Gasteiger charge is 2.13. The fourth-order valence-electron chi connectivity index (χ4n) is 1.67. The van der Waals surface area contributed by atoms with Crippen LogP contribution in [-0.4, -0.2) is 19.0 Å². The van der Waals surface area contributed by atoms with Gasteiger partial charge in [-0.3, -0.25) is 4.55 Å². The minimum Gasteiger partial charge on any atom is -0.351 e. The van der Waals surface area contributed by atoms with Gasteiger partial charge in [-0.2, -0.15) is 8.42 Å². The van der Waals surface area contributed by atoms with E-state index in [1.807, 2.05) is 0 Å². The number of hydrogen-bond acceptors (Lipinski definition) is 3. The molecule has 94 valence electrons. The van der Waals surface area contributed by atoms with Crippen molar-refractivity contribution in [1.82, 2.24) is 0 Å². The zero-order chi connectivity index (χ0) is 13.3. The Morgan fingerprint density at radius 1 is 1.22 bits per heavy atom. The van der Waals surface area contributed by atoms with E-state index in [4.69, 9.17) is 10.3 Å². The lowest BCUT2D eigenvalue weighted by Crippen LogP contribution is -2.19. The second-order valence-corrected chi connectivity index (χ2v) is 5.08. The second kappa shape index (κ2) is 4.28. The number of urea groups is 1. The highest BCUT2D eigenvalue weighted by molar-refractivity contribution is 7.85. The van der Waals surface area contributed by atoms with Crippen molar-refractivity contribution in [3.05, 3.63) is 36.4 Å². The topological polar surface area (TPSA) is 109 Å². The molecule has 0 spiro atoms. The van der Waals surface area contributed by atoms with Crippen molar-refractivity contribution >= 4 is 32.6 Å². The number of primary amides is 1. The molecule has 0 saturated carbocycles. The van der Waals surface area contributed by atoms with E-state index in [-0.39, 0.29) is 10.6 Å². The van der Waals surface area contributed by atoms with Gasteiger partial charge >= 0.3 is 6.03 Å². The summed E-state index contributed by atoms with van der Waals surface area (Å²) in [5, 5.41) is 3.52. The van der Waals surface area contributed by atoms with Gasteiger partial charge in [0.05, 0.1) is 10.6 Å². The third-order valence-corrected chi connectivity index (χ3v) is 3.22. The highest BCUT2D eigenvalue weighted by Crippen LogP contribution is 2.27. The number of fused-ring (bicyclic) bond motifs is 1. The molecule has 6 nitrogen and oxygen atoms in total. The number of hydrogen-bond donors (Lipinski definition) is 3. The number of carbonyl (C=O) groups is 1. The standard InChI is InChI=1S/C11H10N2O4S/c12-11(14)13-10-6-8(18(15,16)17)5-7-3-1-2-4-9(7)10/h1-6H,(H3,12,13,14)(H,15,16,17). The fraction of sp³-hybridized carbons (Fsp3) is 0. The Bertz CT molecular complexity index is 725. The molecule has 0 aromatic heterocycles. The maximum Gasteiger partial charge on any atom is 0.316 e. The third kappa shape index (κ3) is 2.41. The summed E-state index contributed by atoms with van der Waals surface area (Å²) < 4.78 is 31.3. The smallest absolute Gasteiger partial charge is 0.316 e. The number of carbonyl (C=O) groups excluding carboxylic acids is 1. The van der Waals surface area contributed by atoms with Gasteiger partial charge in [0.15, 0.2) is 0 Å². The van der Waals surface area contributed by atoms with Crippen LogP contribution in [0.5, 0.6) is 0 Å². The first-order valence-corrected chi connectivity index (χ1v) is 6.38. The van der Waals surface area contributed by atoms with E-state index >= 15 is 0 Å². The molecule has 0 heterocycles. The van der Waals surface area contributed by atoms with Gasteiger partial charge in [-0.1, -0.05) is 24.3 Å². The molecule has 2 aromatic carbocycles. The number of anilines is 1. The molecule has 2 amide bonds. The van der Waals surface area contributed by atoms with E-state index in [1.165, 1.54) is 6.07 Å². The summed E-state index contributed by atoms with van der Waals surface area (Å²) in [5.41, 5.74) is 5.24. The lowest BCUT2D eigenvalue weighted by Gasteiger charge is -2.08. The maximum absolute atomic E-state index is 11.1. The molecule has 0 aliphatic rings. The van der Waals surface area contributed by atoms with Crippen LogP contribution in [-0.2, 0) is 10.1 Å². The highest BCUT2D eigenvalue weighted by atomic mass is 32.2. The summed E-state index contributed by atoms with van der Waals surface area (Å²) in [7, 11) is -4.34. The van der Waals surface area contributed by atoms with Gasteiger partial charge in [-0.25, -0.2) is 4.79 Å². The van der Waals surface area contributed by atoms with Crippen LogP contribution < -0.4 is 11.1 Å². The predicted octanol–water partition coefficient (Wildman–Crippen LogP) is 1.58. The number of rotatable bonds is 2. The molecule has 0 bridgehead atoms. The Morgan fingerprint density at radius 2 is 1.89 bits per heavy atom. The molecule has 0 unspecified atom stereocenters. The number of amides is 2. The van der Waals surface area contributed by atoms with E-state index in [2.05, 4.69) is 5.32 Å². The normalized spacial score (nSPS) is 11.4. The summed E-state index contributed by atoms with van der Waals surface area (Å²) in [4.78, 5) is 10.6. The lowest BCUT2D eigenvalue weighted by molar-refractivity contribution is 0.259. The van der Waals surface area contributed by atoms with Gasteiger partial charge in [0, 0.05) is 5.39 Å². The van der Waals surface area contributed by atoms with Crippen LogP contribution in [0.4, 0.5) is 10.5 Å². The summed E-state index contributed by atoms with van der Waals surface area (Å²) in [5.74, 6) is 0. The molecule has 0 atom stereocenters. The lowest BCUT2D eigenvalue weighted by atomic mass is 10.1. The van der Waals surface area contributed by atoms with Crippen LogP contribution in [0.1, 0.15) is 0 Å². The minimum absolute atomic E-state index is 0.230. The quantitative estimate of drug-likeness (QED) is 0.717. The van der Waals surface area contributed by atoms with Crippen molar-refractivity contribution in [2.45, 2.75) is 4.90 Å². The van der Waals surface area contributed by atoms with Gasteiger partial charge in [-0.15, -0.1) is 0 Å². The average molecular weight is 266 g/mol. The molecule has 4 N–H and O–H groups in total. The first-order valence-electron chi connectivity index (χ1n) is 4.94. The molecule has 2 aromatic rings. The van der Waals surface area contributed by atoms with Crippen molar-refractivity contribution in [2.24, 2.45) is 5.73 Å². The molecule has 7 heteroatoms. The molecular formula is C11H10N2O4S. The Balaban J connectivity index is 2.76. The maximum atomic E-state index is 11.1. The Morgan fingerprint density at radius 3 is 2.50 bits per heavy atom.